The highest BCUT2D eigenvalue weighted by Crippen LogP contribution is 2.37. The van der Waals surface area contributed by atoms with Crippen molar-refractivity contribution in [3.05, 3.63) is 42.6 Å². The fourth-order valence-electron chi connectivity index (χ4n) is 3.93. The number of methoxy groups -OCH3 is 1. The predicted molar refractivity (Wildman–Crippen MR) is 118 cm³/mol. The summed E-state index contributed by atoms with van der Waals surface area (Å²) in [5, 5.41) is 3.49. The van der Waals surface area contributed by atoms with Crippen molar-refractivity contribution in [2.75, 3.05) is 32.6 Å². The Morgan fingerprint density at radius 1 is 1.12 bits per heavy atom. The zero-order valence-electron chi connectivity index (χ0n) is 18.1. The first kappa shape index (κ1) is 23.2. The van der Waals surface area contributed by atoms with E-state index in [4.69, 9.17) is 4.74 Å². The number of hydrogen-bond acceptors (Lipinski definition) is 6. The summed E-state index contributed by atoms with van der Waals surface area (Å²) < 4.78 is 75.1. The summed E-state index contributed by atoms with van der Waals surface area (Å²) in [7, 11) is -0.607. The monoisotopic (exact) mass is 483 g/mol. The Balaban J connectivity index is 1.74. The number of benzene rings is 2. The molecule has 33 heavy (non-hydrogen) atoms. The van der Waals surface area contributed by atoms with Crippen molar-refractivity contribution in [2.24, 2.45) is 0 Å². The molecule has 0 amide bonds. The molecule has 0 spiro atoms. The topological polar surface area (TPSA) is 83.7 Å². The number of halogens is 3. The molecule has 0 unspecified atom stereocenters. The molecule has 2 heterocycles. The van der Waals surface area contributed by atoms with E-state index in [1.54, 1.807) is 18.2 Å². The maximum Gasteiger partial charge on any atom is 0.573 e. The minimum Gasteiger partial charge on any atom is -0.497 e. The van der Waals surface area contributed by atoms with Crippen molar-refractivity contribution in [1.29, 1.82) is 0 Å². The fraction of sp³-hybridized carbons (Fsp3) is 0.364. The van der Waals surface area contributed by atoms with Crippen LogP contribution in [0.1, 0.15) is 12.8 Å². The molecule has 0 atom stereocenters. The number of aromatic amines is 1. The van der Waals surface area contributed by atoms with Gasteiger partial charge in [-0.05, 0) is 69.4 Å². The zero-order chi connectivity index (χ0) is 23.8. The number of H-pyrrole nitrogens is 1. The Labute approximate surface area is 189 Å². The molecule has 0 saturated carbocycles. The van der Waals surface area contributed by atoms with Crippen LogP contribution in [0.2, 0.25) is 0 Å². The average molecular weight is 484 g/mol. The van der Waals surface area contributed by atoms with Crippen LogP contribution >= 0.6 is 0 Å². The SMILES string of the molecule is COc1ccc2[nH]cc(S(=O)(=O)c3ccc(OC(F)(F)F)c(NC4CCN(C)CC4)c3)c2c1. The first-order chi connectivity index (χ1) is 15.6. The van der Waals surface area contributed by atoms with Crippen LogP contribution in [-0.4, -0.2) is 58.0 Å². The van der Waals surface area contributed by atoms with Crippen LogP contribution < -0.4 is 14.8 Å². The van der Waals surface area contributed by atoms with E-state index in [-0.39, 0.29) is 21.5 Å². The number of nitrogens with one attached hydrogen (secondary N) is 2. The van der Waals surface area contributed by atoms with Crippen molar-refractivity contribution in [3.63, 3.8) is 0 Å². The minimum atomic E-state index is -4.91. The van der Waals surface area contributed by atoms with E-state index in [2.05, 4.69) is 19.9 Å². The second kappa shape index (κ2) is 8.79. The number of aromatic nitrogens is 1. The number of anilines is 1. The number of fused-ring (bicyclic) bond motifs is 1. The van der Waals surface area contributed by atoms with Crippen LogP contribution in [-0.2, 0) is 9.84 Å². The Hall–Kier alpha value is -2.92. The number of nitrogens with zero attached hydrogens (tertiary/aromatic N) is 1. The molecule has 2 N–H and O–H groups in total. The number of rotatable bonds is 6. The van der Waals surface area contributed by atoms with Crippen LogP contribution in [0.25, 0.3) is 10.9 Å². The van der Waals surface area contributed by atoms with E-state index in [9.17, 15) is 21.6 Å². The van der Waals surface area contributed by atoms with Gasteiger partial charge in [-0.1, -0.05) is 0 Å². The fourth-order valence-corrected chi connectivity index (χ4v) is 5.37. The van der Waals surface area contributed by atoms with Crippen LogP contribution in [0.4, 0.5) is 18.9 Å². The van der Waals surface area contributed by atoms with Gasteiger partial charge in [0, 0.05) is 23.1 Å². The van der Waals surface area contributed by atoms with Crippen molar-refractivity contribution in [3.8, 4) is 11.5 Å². The quantitative estimate of drug-likeness (QED) is 0.540. The number of piperidine rings is 1. The summed E-state index contributed by atoms with van der Waals surface area (Å²) in [5.74, 6) is 0.0121. The molecule has 1 aliphatic rings. The molecule has 1 aliphatic heterocycles. The number of likely N-dealkylation sites (tertiary alicyclic amines) is 1. The minimum absolute atomic E-state index is 0.00568. The highest BCUT2D eigenvalue weighted by atomic mass is 32.2. The Bertz CT molecular complexity index is 1250. The van der Waals surface area contributed by atoms with Gasteiger partial charge in [0.05, 0.1) is 22.6 Å². The molecule has 0 bridgehead atoms. The third-order valence-electron chi connectivity index (χ3n) is 5.71. The van der Waals surface area contributed by atoms with Crippen molar-refractivity contribution in [2.45, 2.75) is 35.0 Å². The van der Waals surface area contributed by atoms with Gasteiger partial charge in [-0.25, -0.2) is 8.42 Å². The molecular weight excluding hydrogens is 459 g/mol. The Morgan fingerprint density at radius 2 is 1.85 bits per heavy atom. The molecule has 11 heteroatoms. The molecule has 0 radical (unpaired) electrons. The van der Waals surface area contributed by atoms with Gasteiger partial charge in [0.2, 0.25) is 9.84 Å². The third kappa shape index (κ3) is 5.03. The molecule has 7 nitrogen and oxygen atoms in total. The van der Waals surface area contributed by atoms with Gasteiger partial charge in [0.25, 0.3) is 0 Å². The summed E-state index contributed by atoms with van der Waals surface area (Å²) in [6, 6.07) is 8.24. The Kier molecular flexibility index (Phi) is 6.19. The van der Waals surface area contributed by atoms with E-state index < -0.39 is 21.9 Å². The number of alkyl halides is 3. The molecular formula is C22H24F3N3O4S. The summed E-state index contributed by atoms with van der Waals surface area (Å²) in [6.07, 6.45) is -2.12. The normalized spacial score (nSPS) is 16.2. The van der Waals surface area contributed by atoms with Gasteiger partial charge < -0.3 is 24.7 Å². The second-order valence-electron chi connectivity index (χ2n) is 8.00. The van der Waals surface area contributed by atoms with E-state index in [1.807, 2.05) is 7.05 Å². The molecule has 1 aromatic heterocycles. The molecule has 4 rings (SSSR count). The highest BCUT2D eigenvalue weighted by Gasteiger charge is 2.33. The summed E-state index contributed by atoms with van der Waals surface area (Å²) in [4.78, 5) is 4.90. The van der Waals surface area contributed by atoms with Gasteiger partial charge in [-0.3, -0.25) is 0 Å². The lowest BCUT2D eigenvalue weighted by atomic mass is 10.1. The van der Waals surface area contributed by atoms with E-state index in [0.29, 0.717) is 29.5 Å². The second-order valence-corrected chi connectivity index (χ2v) is 9.91. The molecule has 1 saturated heterocycles. The van der Waals surface area contributed by atoms with Crippen LogP contribution in [0, 0.1) is 0 Å². The lowest BCUT2D eigenvalue weighted by molar-refractivity contribution is -0.274. The lowest BCUT2D eigenvalue weighted by Crippen LogP contribution is -2.36. The third-order valence-corrected chi connectivity index (χ3v) is 7.50. The van der Waals surface area contributed by atoms with Crippen LogP contribution in [0.3, 0.4) is 0 Å². The van der Waals surface area contributed by atoms with Gasteiger partial charge in [0.1, 0.15) is 5.75 Å². The number of hydrogen-bond donors (Lipinski definition) is 2. The molecule has 2 aromatic carbocycles. The van der Waals surface area contributed by atoms with E-state index in [1.165, 1.54) is 19.4 Å². The van der Waals surface area contributed by atoms with E-state index in [0.717, 1.165) is 25.2 Å². The smallest absolute Gasteiger partial charge is 0.497 e. The maximum absolute atomic E-state index is 13.4. The van der Waals surface area contributed by atoms with Gasteiger partial charge in [-0.15, -0.1) is 13.2 Å². The maximum atomic E-state index is 13.4. The van der Waals surface area contributed by atoms with E-state index >= 15 is 0 Å². The van der Waals surface area contributed by atoms with Crippen molar-refractivity contribution < 1.29 is 31.1 Å². The molecule has 1 fully saturated rings. The van der Waals surface area contributed by atoms with Crippen LogP contribution in [0.5, 0.6) is 11.5 Å². The van der Waals surface area contributed by atoms with Gasteiger partial charge in [-0.2, -0.15) is 0 Å². The number of ether oxygens (including phenoxy) is 2. The highest BCUT2D eigenvalue weighted by molar-refractivity contribution is 7.91. The summed E-state index contributed by atoms with van der Waals surface area (Å²) in [5.41, 5.74) is 0.580. The Morgan fingerprint density at radius 3 is 2.52 bits per heavy atom. The predicted octanol–water partition coefficient (Wildman–Crippen LogP) is 4.41. The number of sulfone groups is 1. The molecule has 3 aromatic rings. The standard InChI is InChI=1S/C22H24F3N3O4S/c1-28-9-7-14(8-10-28)27-19-12-16(4-6-20(19)32-22(23,24)25)33(29,30)21-13-26-18-5-3-15(31-2)11-17(18)21/h3-6,11-14,26-27H,7-10H2,1-2H3. The van der Waals surface area contributed by atoms with Crippen molar-refractivity contribution >= 4 is 26.4 Å². The lowest BCUT2D eigenvalue weighted by Gasteiger charge is -2.30. The van der Waals surface area contributed by atoms with Gasteiger partial charge in [0.15, 0.2) is 5.75 Å². The first-order valence-corrected chi connectivity index (χ1v) is 11.8. The van der Waals surface area contributed by atoms with Crippen molar-refractivity contribution in [1.82, 2.24) is 9.88 Å². The summed E-state index contributed by atoms with van der Waals surface area (Å²) >= 11 is 0. The van der Waals surface area contributed by atoms with Crippen LogP contribution in [0.15, 0.2) is 52.4 Å². The zero-order valence-corrected chi connectivity index (χ0v) is 18.9. The average Bonchev–Trinajstić information content (AvgIpc) is 3.19. The first-order valence-electron chi connectivity index (χ1n) is 10.3. The van der Waals surface area contributed by atoms with Gasteiger partial charge >= 0.3 is 6.36 Å². The summed E-state index contributed by atoms with van der Waals surface area (Å²) in [6.45, 7) is 1.56. The molecule has 178 valence electrons. The largest absolute Gasteiger partial charge is 0.573 e. The molecule has 0 aliphatic carbocycles.